The van der Waals surface area contributed by atoms with Gasteiger partial charge in [0.1, 0.15) is 4.90 Å². The van der Waals surface area contributed by atoms with Crippen LogP contribution in [0.2, 0.25) is 0 Å². The Balaban J connectivity index is 1.31. The number of carbonyl (C=O) groups excluding carboxylic acids is 2. The maximum Gasteiger partial charge on any atom is 0.337 e. The molecule has 330 valence electrons. The van der Waals surface area contributed by atoms with Gasteiger partial charge in [0.25, 0.3) is 25.8 Å². The number of rotatable bonds is 14. The summed E-state index contributed by atoms with van der Waals surface area (Å²) in [5, 5.41) is 41.1. The monoisotopic (exact) mass is 941 g/mol. The van der Waals surface area contributed by atoms with Crippen molar-refractivity contribution in [3.63, 3.8) is 0 Å². The van der Waals surface area contributed by atoms with E-state index >= 15 is 0 Å². The largest absolute Gasteiger partial charge is 0.479 e. The predicted molar refractivity (Wildman–Crippen MR) is 229 cm³/mol. The zero-order chi connectivity index (χ0) is 46.5. The molecule has 0 radical (unpaired) electrons. The van der Waals surface area contributed by atoms with E-state index in [0.29, 0.717) is 0 Å². The van der Waals surface area contributed by atoms with Gasteiger partial charge in [-0.05, 0) is 54.1 Å². The third-order valence-corrected chi connectivity index (χ3v) is 12.3. The summed E-state index contributed by atoms with van der Waals surface area (Å²) in [7, 11) is -8.57. The summed E-state index contributed by atoms with van der Waals surface area (Å²) in [5.74, 6) is -3.78. The van der Waals surface area contributed by atoms with Crippen molar-refractivity contribution < 1.29 is 65.2 Å². The van der Waals surface area contributed by atoms with Crippen molar-refractivity contribution in [3.05, 3.63) is 135 Å². The fraction of sp³-hybridized carbons (Fsp3) is 0.0250. The lowest BCUT2D eigenvalue weighted by molar-refractivity contribution is -0.432. The molecule has 2 aromatic heterocycles. The van der Waals surface area contributed by atoms with E-state index in [-0.39, 0.29) is 78.3 Å². The molecule has 0 fully saturated rings. The number of carboxylic acids is 1. The Morgan fingerprint density at radius 3 is 2.08 bits per heavy atom. The molecule has 8 N–H and O–H groups in total. The van der Waals surface area contributed by atoms with Crippen LogP contribution in [-0.2, 0) is 36.7 Å². The second-order valence-electron chi connectivity index (χ2n) is 13.8. The van der Waals surface area contributed by atoms with Crippen LogP contribution in [-0.4, -0.2) is 78.5 Å². The summed E-state index contributed by atoms with van der Waals surface area (Å²) in [6.07, 6.45) is 0. The van der Waals surface area contributed by atoms with Gasteiger partial charge in [0.05, 0.1) is 66.8 Å². The minimum atomic E-state index is -5.15. The van der Waals surface area contributed by atoms with Crippen LogP contribution in [0.4, 0.5) is 34.6 Å². The average Bonchev–Trinajstić information content (AvgIpc) is 3.25. The summed E-state index contributed by atoms with van der Waals surface area (Å²) in [6.45, 7) is 0. The zero-order valence-corrected chi connectivity index (χ0v) is 35.0. The highest BCUT2D eigenvalue weighted by atomic mass is 32.2. The summed E-state index contributed by atoms with van der Waals surface area (Å²) in [4.78, 5) is 64.9. The number of aromatic nitrogens is 4. The SMILES string of the molecule is Cn1c(=O)c(C(=O)c2cccc(S(=O)(=O)O)c2)c2c3c(c(Nc4cc(Nc5nc(O)nc(Nc6ccccc6C(=O)O)n5)c(S(=O)(=O)O)cc4SOOO)ccc31)C(=O)c1ccccc1-2. The molecule has 8 rings (SSSR count). The van der Waals surface area contributed by atoms with E-state index in [1.165, 1.54) is 67.7 Å². The van der Waals surface area contributed by atoms with Crippen LogP contribution < -0.4 is 21.5 Å². The first-order valence-corrected chi connectivity index (χ1v) is 21.8. The molecular formula is C40H27N7O15S3. The third-order valence-electron chi connectivity index (χ3n) is 9.91. The average molecular weight is 942 g/mol. The van der Waals surface area contributed by atoms with Gasteiger partial charge in [-0.25, -0.2) is 10.1 Å². The number of carbonyl (C=O) groups is 3. The molecule has 0 bridgehead atoms. The maximum atomic E-state index is 14.6. The minimum Gasteiger partial charge on any atom is -0.479 e. The number of pyridine rings is 1. The van der Waals surface area contributed by atoms with Crippen LogP contribution in [0.1, 0.15) is 42.2 Å². The molecule has 0 spiro atoms. The highest BCUT2D eigenvalue weighted by Gasteiger charge is 2.35. The molecule has 0 saturated carbocycles. The number of fused-ring (bicyclic) bond motifs is 2. The molecule has 65 heavy (non-hydrogen) atoms. The highest BCUT2D eigenvalue weighted by molar-refractivity contribution is 7.94. The fourth-order valence-corrected chi connectivity index (χ4v) is 8.89. The minimum absolute atomic E-state index is 0.0109. The van der Waals surface area contributed by atoms with Gasteiger partial charge in [-0.3, -0.25) is 23.5 Å². The fourth-order valence-electron chi connectivity index (χ4n) is 7.16. The van der Waals surface area contributed by atoms with E-state index in [0.717, 1.165) is 28.8 Å². The lowest BCUT2D eigenvalue weighted by atomic mass is 9.80. The van der Waals surface area contributed by atoms with Crippen molar-refractivity contribution in [2.24, 2.45) is 7.05 Å². The van der Waals surface area contributed by atoms with Crippen molar-refractivity contribution in [2.75, 3.05) is 16.0 Å². The number of aryl methyl sites for hydroxylation is 1. The number of hydrogen-bond donors (Lipinski definition) is 8. The maximum absolute atomic E-state index is 14.6. The Kier molecular flexibility index (Phi) is 11.4. The van der Waals surface area contributed by atoms with Crippen molar-refractivity contribution in [3.8, 4) is 17.1 Å². The Hall–Kier alpha value is -7.62. The molecule has 25 heteroatoms. The summed E-state index contributed by atoms with van der Waals surface area (Å²) >= 11 is 0.243. The molecule has 0 saturated heterocycles. The van der Waals surface area contributed by atoms with E-state index in [1.807, 2.05) is 0 Å². The van der Waals surface area contributed by atoms with Gasteiger partial charge < -0.3 is 30.7 Å². The van der Waals surface area contributed by atoms with Crippen molar-refractivity contribution in [1.82, 2.24) is 19.5 Å². The summed E-state index contributed by atoms with van der Waals surface area (Å²) < 4.78 is 75.5. The molecule has 0 unspecified atom stereocenters. The van der Waals surface area contributed by atoms with Gasteiger partial charge in [0, 0.05) is 29.1 Å². The Labute approximate surface area is 368 Å². The Morgan fingerprint density at radius 1 is 0.723 bits per heavy atom. The lowest BCUT2D eigenvalue weighted by Crippen LogP contribution is -2.29. The number of para-hydroxylation sites is 1. The van der Waals surface area contributed by atoms with Gasteiger partial charge in [-0.1, -0.05) is 53.6 Å². The number of ketones is 2. The Bertz CT molecular complexity index is 3490. The number of carboxylic acid groups (broad SMARTS) is 1. The van der Waals surface area contributed by atoms with Crippen molar-refractivity contribution in [1.29, 1.82) is 0 Å². The second kappa shape index (κ2) is 16.8. The first-order chi connectivity index (χ1) is 30.8. The number of aromatic hydroxyl groups is 1. The number of anilines is 6. The van der Waals surface area contributed by atoms with Gasteiger partial charge in [0.2, 0.25) is 11.9 Å². The first kappa shape index (κ1) is 44.0. The van der Waals surface area contributed by atoms with Crippen molar-refractivity contribution in [2.45, 2.75) is 14.7 Å². The molecule has 1 aliphatic rings. The Morgan fingerprint density at radius 2 is 1.40 bits per heavy atom. The third kappa shape index (κ3) is 8.34. The van der Waals surface area contributed by atoms with Gasteiger partial charge in [-0.15, -0.1) is 4.33 Å². The number of aromatic carboxylic acids is 1. The summed E-state index contributed by atoms with van der Waals surface area (Å²) in [6, 6.07) is 20.1. The van der Waals surface area contributed by atoms with Crippen LogP contribution >= 0.6 is 12.0 Å². The topological polar surface area (TPSA) is 336 Å². The molecule has 7 aromatic rings. The molecule has 22 nitrogen and oxygen atoms in total. The van der Waals surface area contributed by atoms with E-state index in [9.17, 15) is 55.3 Å². The van der Waals surface area contributed by atoms with E-state index in [2.05, 4.69) is 40.3 Å². The van der Waals surface area contributed by atoms with E-state index in [1.54, 1.807) is 12.1 Å². The van der Waals surface area contributed by atoms with Gasteiger partial charge >= 0.3 is 12.0 Å². The molecule has 0 amide bonds. The van der Waals surface area contributed by atoms with Crippen LogP contribution in [0.3, 0.4) is 0 Å². The molecular weight excluding hydrogens is 915 g/mol. The van der Waals surface area contributed by atoms with E-state index in [4.69, 9.17) is 5.26 Å². The van der Waals surface area contributed by atoms with E-state index < -0.39 is 82.3 Å². The molecule has 5 aromatic carbocycles. The quantitative estimate of drug-likeness (QED) is 0.0212. The number of benzene rings is 5. The van der Waals surface area contributed by atoms with Crippen LogP contribution in [0.25, 0.3) is 22.0 Å². The van der Waals surface area contributed by atoms with Crippen LogP contribution in [0.15, 0.2) is 117 Å². The first-order valence-electron chi connectivity index (χ1n) is 18.2. The number of nitrogens with zero attached hydrogens (tertiary/aromatic N) is 4. The molecule has 0 aliphatic heterocycles. The predicted octanol–water partition coefficient (Wildman–Crippen LogP) is 5.72. The van der Waals surface area contributed by atoms with Gasteiger partial charge in [-0.2, -0.15) is 31.8 Å². The number of hydrogen-bond acceptors (Lipinski definition) is 19. The lowest BCUT2D eigenvalue weighted by Gasteiger charge is -2.26. The molecule has 2 heterocycles. The standard InChI is InChI=1S/C40H27N7O15S3/c1-47-27-14-13-24(31-32(27)30(20-9-2-3-10-21(20)35(31)49)33(36(47)50)34(48)18-7-6-8-19(15-18)64(55,56)57)41-25-16-26(29(65(58,59)60)17-28(25)63-62-61-54)43-39-44-38(45-40(53)46-39)42-23-12-5-4-11-22(23)37(51)52/h2-17,41,54H,1H3,(H,51,52)(H,55,56,57)(H,58,59,60)(H3,42,43,44,45,46,53). The number of nitrogens with one attached hydrogen (secondary N) is 3. The van der Waals surface area contributed by atoms with Gasteiger partial charge in [0.15, 0.2) is 11.6 Å². The molecule has 1 aliphatic carbocycles. The highest BCUT2D eigenvalue weighted by Crippen LogP contribution is 2.46. The van der Waals surface area contributed by atoms with Crippen molar-refractivity contribution >= 4 is 95.4 Å². The normalized spacial score (nSPS) is 12.2. The summed E-state index contributed by atoms with van der Waals surface area (Å²) in [5.41, 5.74) is -1.99. The molecule has 0 atom stereocenters. The van der Waals surface area contributed by atoms with Crippen LogP contribution in [0, 0.1) is 0 Å². The smallest absolute Gasteiger partial charge is 0.337 e. The second-order valence-corrected chi connectivity index (χ2v) is 17.3. The zero-order valence-electron chi connectivity index (χ0n) is 32.6. The van der Waals surface area contributed by atoms with Crippen LogP contribution in [0.5, 0.6) is 6.01 Å².